The molecule has 2 aliphatic heterocycles. The van der Waals surface area contributed by atoms with Gasteiger partial charge in [-0.1, -0.05) is 42.7 Å². The van der Waals surface area contributed by atoms with Crippen molar-refractivity contribution in [2.75, 3.05) is 7.11 Å². The lowest BCUT2D eigenvalue weighted by Crippen LogP contribution is -2.43. The molecule has 0 bridgehead atoms. The van der Waals surface area contributed by atoms with Crippen LogP contribution in [0.1, 0.15) is 70.5 Å². The Hall–Kier alpha value is -1.20. The van der Waals surface area contributed by atoms with E-state index in [1.54, 1.807) is 0 Å². The molecule has 0 spiro atoms. The second-order valence-electron chi connectivity index (χ2n) is 9.58. The lowest BCUT2D eigenvalue weighted by molar-refractivity contribution is -0.140. The first-order valence-corrected chi connectivity index (χ1v) is 12.9. The highest BCUT2D eigenvalue weighted by Crippen LogP contribution is 2.75. The Morgan fingerprint density at radius 2 is 1.50 bits per heavy atom. The molecule has 0 N–H and O–H groups in total. The smallest absolute Gasteiger partial charge is 0.325 e. The SMILES string of the molecule is COC(=O)[C@@H]1[C@H](c2ccc(C)cc2)N1P1(=O)N(C(C)C)[C@@H]2CCCC[C@H]2N1C(C)C. The van der Waals surface area contributed by atoms with Crippen LogP contribution >= 0.6 is 7.59 Å². The molecule has 2 saturated heterocycles. The van der Waals surface area contributed by atoms with Crippen molar-refractivity contribution >= 4 is 13.6 Å². The van der Waals surface area contributed by atoms with E-state index in [0.717, 1.165) is 18.4 Å². The predicted octanol–water partition coefficient (Wildman–Crippen LogP) is 4.75. The van der Waals surface area contributed by atoms with Gasteiger partial charge in [0.2, 0.25) is 0 Å². The molecule has 1 aromatic rings. The molecular formula is C23H36N3O3P. The zero-order valence-electron chi connectivity index (χ0n) is 19.1. The van der Waals surface area contributed by atoms with Crippen LogP contribution in [-0.2, 0) is 14.1 Å². The third-order valence-corrected chi connectivity index (χ3v) is 10.8. The zero-order valence-corrected chi connectivity index (χ0v) is 20.0. The van der Waals surface area contributed by atoms with Gasteiger partial charge in [-0.3, -0.25) is 9.36 Å². The average Bonchev–Trinajstić information content (AvgIpc) is 3.39. The summed E-state index contributed by atoms with van der Waals surface area (Å²) in [5.41, 5.74) is 2.21. The molecule has 3 aliphatic rings. The van der Waals surface area contributed by atoms with Crippen molar-refractivity contribution in [1.29, 1.82) is 0 Å². The van der Waals surface area contributed by atoms with E-state index in [-0.39, 0.29) is 36.2 Å². The van der Waals surface area contributed by atoms with Crippen molar-refractivity contribution in [1.82, 2.24) is 14.0 Å². The summed E-state index contributed by atoms with van der Waals surface area (Å²) >= 11 is 0. The van der Waals surface area contributed by atoms with Crippen LogP contribution in [0.25, 0.3) is 0 Å². The van der Waals surface area contributed by atoms with E-state index in [0.29, 0.717) is 0 Å². The molecule has 30 heavy (non-hydrogen) atoms. The van der Waals surface area contributed by atoms with Crippen molar-refractivity contribution in [3.8, 4) is 0 Å². The summed E-state index contributed by atoms with van der Waals surface area (Å²) in [4.78, 5) is 12.8. The van der Waals surface area contributed by atoms with Gasteiger partial charge in [0.25, 0.3) is 7.59 Å². The lowest BCUT2D eigenvalue weighted by atomic mass is 9.89. The highest BCUT2D eigenvalue weighted by Gasteiger charge is 2.70. The first-order valence-electron chi connectivity index (χ1n) is 11.3. The minimum Gasteiger partial charge on any atom is -0.468 e. The average molecular weight is 434 g/mol. The Balaban J connectivity index is 1.81. The molecule has 5 atom stereocenters. The first kappa shape index (κ1) is 22.0. The molecule has 3 fully saturated rings. The number of fused-ring (bicyclic) bond motifs is 1. The normalized spacial score (nSPS) is 33.7. The number of ether oxygens (including phenoxy) is 1. The van der Waals surface area contributed by atoms with E-state index < -0.39 is 13.6 Å². The molecule has 7 heteroatoms. The van der Waals surface area contributed by atoms with Gasteiger partial charge in [0.15, 0.2) is 0 Å². The quantitative estimate of drug-likeness (QED) is 0.380. The van der Waals surface area contributed by atoms with Gasteiger partial charge in [-0.2, -0.15) is 0 Å². The Kier molecular flexibility index (Phi) is 5.91. The van der Waals surface area contributed by atoms with E-state index >= 15 is 4.57 Å². The van der Waals surface area contributed by atoms with Crippen LogP contribution in [-0.4, -0.2) is 57.3 Å². The summed E-state index contributed by atoms with van der Waals surface area (Å²) in [6.07, 6.45) is 4.50. The van der Waals surface area contributed by atoms with Crippen molar-refractivity contribution in [2.24, 2.45) is 0 Å². The first-order chi connectivity index (χ1) is 14.2. The molecule has 0 radical (unpaired) electrons. The van der Waals surface area contributed by atoms with E-state index in [1.807, 2.05) is 4.67 Å². The number of carbonyl (C=O) groups excluding carboxylic acids is 1. The minimum absolute atomic E-state index is 0.141. The number of hydrogen-bond acceptors (Lipinski definition) is 3. The van der Waals surface area contributed by atoms with Crippen LogP contribution in [0.15, 0.2) is 24.3 Å². The van der Waals surface area contributed by atoms with Gasteiger partial charge in [0.1, 0.15) is 6.04 Å². The summed E-state index contributed by atoms with van der Waals surface area (Å²) in [6.45, 7) is 10.6. The minimum atomic E-state index is -3.13. The van der Waals surface area contributed by atoms with Crippen LogP contribution < -0.4 is 0 Å². The third-order valence-electron chi connectivity index (χ3n) is 6.98. The standard InChI is InChI=1S/C23H36N3O3P/c1-15(2)24-19-9-7-8-10-20(19)25(16(3)4)30(24,28)26-21(22(26)23(27)29-6)18-13-11-17(5)12-14-18/h11-16,19-22H,7-10H2,1-6H3/t19-,20-,21+,22+,26?/m1/s1. The van der Waals surface area contributed by atoms with E-state index in [1.165, 1.54) is 25.5 Å². The molecule has 1 saturated carbocycles. The molecule has 6 nitrogen and oxygen atoms in total. The van der Waals surface area contributed by atoms with E-state index in [2.05, 4.69) is 68.2 Å². The predicted molar refractivity (Wildman–Crippen MR) is 119 cm³/mol. The molecule has 1 aliphatic carbocycles. The molecule has 0 aromatic heterocycles. The highest BCUT2D eigenvalue weighted by molar-refractivity contribution is 7.57. The summed E-state index contributed by atoms with van der Waals surface area (Å²) in [6, 6.07) is 8.39. The van der Waals surface area contributed by atoms with Gasteiger partial charge < -0.3 is 4.74 Å². The van der Waals surface area contributed by atoms with E-state index in [9.17, 15) is 4.79 Å². The van der Waals surface area contributed by atoms with Gasteiger partial charge in [-0.25, -0.2) is 14.0 Å². The van der Waals surface area contributed by atoms with Crippen molar-refractivity contribution in [3.05, 3.63) is 35.4 Å². The topological polar surface area (TPSA) is 52.9 Å². The van der Waals surface area contributed by atoms with Gasteiger partial charge in [0, 0.05) is 24.2 Å². The maximum Gasteiger partial charge on any atom is 0.325 e. The fourth-order valence-corrected chi connectivity index (χ4v) is 10.1. The number of esters is 1. The number of hydrogen-bond donors (Lipinski definition) is 0. The monoisotopic (exact) mass is 433 g/mol. The maximum absolute atomic E-state index is 15.1. The lowest BCUT2D eigenvalue weighted by Gasteiger charge is -2.37. The van der Waals surface area contributed by atoms with Gasteiger partial charge in [0.05, 0.1) is 13.2 Å². The Bertz CT molecular complexity index is 813. The number of aryl methyl sites for hydroxylation is 1. The highest BCUT2D eigenvalue weighted by atomic mass is 31.2. The van der Waals surface area contributed by atoms with Crippen molar-refractivity contribution in [3.63, 3.8) is 0 Å². The fraction of sp³-hybridized carbons (Fsp3) is 0.696. The fourth-order valence-electron chi connectivity index (χ4n) is 5.82. The number of nitrogens with zero attached hydrogens (tertiary/aromatic N) is 3. The zero-order chi connectivity index (χ0) is 21.8. The molecule has 1 unspecified atom stereocenters. The second-order valence-corrected chi connectivity index (χ2v) is 12.0. The van der Waals surface area contributed by atoms with Gasteiger partial charge in [-0.15, -0.1) is 0 Å². The molecule has 2 heterocycles. The third kappa shape index (κ3) is 3.28. The molecule has 4 rings (SSSR count). The van der Waals surface area contributed by atoms with Crippen molar-refractivity contribution < 1.29 is 14.1 Å². The summed E-state index contributed by atoms with van der Waals surface area (Å²) in [5.74, 6) is -0.293. The molecule has 0 amide bonds. The number of benzene rings is 1. The van der Waals surface area contributed by atoms with Crippen molar-refractivity contribution in [2.45, 2.75) is 96.6 Å². The Morgan fingerprint density at radius 1 is 1.00 bits per heavy atom. The molecular weight excluding hydrogens is 397 g/mol. The largest absolute Gasteiger partial charge is 0.468 e. The van der Waals surface area contributed by atoms with Crippen LogP contribution in [0.3, 0.4) is 0 Å². The van der Waals surface area contributed by atoms with Gasteiger partial charge in [-0.05, 0) is 53.0 Å². The summed E-state index contributed by atoms with van der Waals surface area (Å²) in [7, 11) is -1.70. The second kappa shape index (κ2) is 8.05. The van der Waals surface area contributed by atoms with E-state index in [4.69, 9.17) is 4.74 Å². The van der Waals surface area contributed by atoms with Crippen LogP contribution in [0.5, 0.6) is 0 Å². The summed E-state index contributed by atoms with van der Waals surface area (Å²) < 4.78 is 26.8. The number of rotatable bonds is 5. The molecule has 166 valence electrons. The van der Waals surface area contributed by atoms with Crippen LogP contribution in [0.4, 0.5) is 0 Å². The maximum atomic E-state index is 15.1. The summed E-state index contributed by atoms with van der Waals surface area (Å²) in [5, 5.41) is 0. The Labute approximate surface area is 181 Å². The van der Waals surface area contributed by atoms with Gasteiger partial charge >= 0.3 is 5.97 Å². The van der Waals surface area contributed by atoms with Crippen LogP contribution in [0, 0.1) is 6.92 Å². The number of carbonyl (C=O) groups is 1. The van der Waals surface area contributed by atoms with Crippen LogP contribution in [0.2, 0.25) is 0 Å². The Morgan fingerprint density at radius 3 is 1.93 bits per heavy atom. The molecule has 1 aromatic carbocycles. The number of methoxy groups -OCH3 is 1.